The van der Waals surface area contributed by atoms with Gasteiger partial charge < -0.3 is 15.3 Å². The van der Waals surface area contributed by atoms with E-state index in [1.165, 1.54) is 12.1 Å². The molecule has 1 saturated heterocycles. The highest BCUT2D eigenvalue weighted by Crippen LogP contribution is 2.33. The number of carbonyl (C=O) groups is 1. The molecule has 0 aliphatic carbocycles. The molecule has 2 aromatic heterocycles. The Morgan fingerprint density at radius 3 is 2.74 bits per heavy atom. The third-order valence-electron chi connectivity index (χ3n) is 5.95. The minimum Gasteiger partial charge on any atom is -0.476 e. The van der Waals surface area contributed by atoms with Gasteiger partial charge in [-0.15, -0.1) is 0 Å². The first-order valence-electron chi connectivity index (χ1n) is 11.1. The summed E-state index contributed by atoms with van der Waals surface area (Å²) in [7, 11) is 0. The average molecular weight is 501 g/mol. The van der Waals surface area contributed by atoms with Crippen LogP contribution >= 0.6 is 11.6 Å². The van der Waals surface area contributed by atoms with Gasteiger partial charge in [0.05, 0.1) is 22.8 Å². The van der Waals surface area contributed by atoms with Crippen LogP contribution in [0.2, 0.25) is 5.15 Å². The topological polar surface area (TPSA) is 115 Å². The monoisotopic (exact) mass is 500 g/mol. The highest BCUT2D eigenvalue weighted by Gasteiger charge is 2.33. The van der Waals surface area contributed by atoms with E-state index < -0.39 is 17.9 Å². The lowest BCUT2D eigenvalue weighted by Gasteiger charge is -2.24. The molecule has 182 valence electrons. The number of nitriles is 1. The van der Waals surface area contributed by atoms with Crippen molar-refractivity contribution in [3.63, 3.8) is 0 Å². The molecule has 2 N–H and O–H groups in total. The van der Waals surface area contributed by atoms with Gasteiger partial charge in [-0.05, 0) is 44.0 Å². The van der Waals surface area contributed by atoms with Gasteiger partial charge in [0, 0.05) is 31.5 Å². The normalized spacial score (nSPS) is 16.4. The number of aromatic nitrogens is 3. The van der Waals surface area contributed by atoms with Crippen LogP contribution in [-0.4, -0.2) is 45.0 Å². The van der Waals surface area contributed by atoms with Gasteiger partial charge >= 0.3 is 5.97 Å². The van der Waals surface area contributed by atoms with Crippen molar-refractivity contribution in [2.75, 3.05) is 23.3 Å². The van der Waals surface area contributed by atoms with Crippen LogP contribution in [0.3, 0.4) is 0 Å². The van der Waals surface area contributed by atoms with Crippen LogP contribution in [-0.2, 0) is 0 Å². The number of nitrogens with zero attached hydrogens (tertiary/aromatic N) is 5. The van der Waals surface area contributed by atoms with Crippen molar-refractivity contribution in [1.82, 2.24) is 15.0 Å². The summed E-state index contributed by atoms with van der Waals surface area (Å²) in [5, 5.41) is 22.4. The van der Waals surface area contributed by atoms with Gasteiger partial charge in [-0.1, -0.05) is 17.7 Å². The van der Waals surface area contributed by atoms with Gasteiger partial charge in [-0.25, -0.2) is 28.5 Å². The fraction of sp³-hybridized carbons (Fsp3) is 0.375. The van der Waals surface area contributed by atoms with Crippen molar-refractivity contribution in [1.29, 1.82) is 5.26 Å². The number of carboxylic acids is 1. The number of rotatable bonds is 5. The number of nitrogens with one attached hydrogen (secondary N) is 1. The Bertz CT molecular complexity index is 1340. The third kappa shape index (κ3) is 5.25. The second-order valence-corrected chi connectivity index (χ2v) is 9.01. The number of pyridine rings is 1. The largest absolute Gasteiger partial charge is 0.476 e. The summed E-state index contributed by atoms with van der Waals surface area (Å²) in [5.74, 6) is -3.70. The highest BCUT2D eigenvalue weighted by atomic mass is 35.5. The molecule has 1 atom stereocenters. The third-order valence-corrected chi connectivity index (χ3v) is 6.16. The Kier molecular flexibility index (Phi) is 6.72. The van der Waals surface area contributed by atoms with Crippen LogP contribution in [0.1, 0.15) is 59.5 Å². The maximum absolute atomic E-state index is 13.9. The zero-order chi connectivity index (χ0) is 25.3. The van der Waals surface area contributed by atoms with E-state index >= 15 is 0 Å². The van der Waals surface area contributed by atoms with Gasteiger partial charge in [0.25, 0.3) is 0 Å². The number of aryl methyl sites for hydroxylation is 1. The molecular weight excluding hydrogens is 478 g/mol. The first-order chi connectivity index (χ1) is 16.6. The van der Waals surface area contributed by atoms with E-state index in [4.69, 9.17) is 16.6 Å². The average Bonchev–Trinajstić information content (AvgIpc) is 2.98. The Balaban J connectivity index is 1.78. The summed E-state index contributed by atoms with van der Waals surface area (Å²) >= 11 is 5.86. The molecule has 0 bridgehead atoms. The fourth-order valence-electron chi connectivity index (χ4n) is 4.25. The molecule has 1 aliphatic rings. The smallest absolute Gasteiger partial charge is 0.356 e. The summed E-state index contributed by atoms with van der Waals surface area (Å²) < 4.78 is 27.9. The zero-order valence-corrected chi connectivity index (χ0v) is 19.9. The number of benzene rings is 1. The van der Waals surface area contributed by atoms with Crippen LogP contribution in [0.5, 0.6) is 0 Å². The minimum absolute atomic E-state index is 0.0594. The van der Waals surface area contributed by atoms with Crippen molar-refractivity contribution in [2.24, 2.45) is 0 Å². The second-order valence-electron chi connectivity index (χ2n) is 8.63. The lowest BCUT2D eigenvalue weighted by atomic mass is 10.0. The molecule has 4 rings (SSSR count). The molecule has 0 amide bonds. The van der Waals surface area contributed by atoms with Gasteiger partial charge in [-0.3, -0.25) is 0 Å². The number of hydrogen-bond donors (Lipinski definition) is 2. The molecule has 3 aromatic rings. The first kappa shape index (κ1) is 24.5. The van der Waals surface area contributed by atoms with Gasteiger partial charge in [0.2, 0.25) is 5.92 Å². The molecule has 35 heavy (non-hydrogen) atoms. The van der Waals surface area contributed by atoms with Crippen molar-refractivity contribution in [3.05, 3.63) is 51.9 Å². The van der Waals surface area contributed by atoms with Crippen LogP contribution in [0.15, 0.2) is 24.3 Å². The molecule has 0 saturated carbocycles. The molecule has 3 heterocycles. The maximum Gasteiger partial charge on any atom is 0.356 e. The zero-order valence-electron chi connectivity index (χ0n) is 19.1. The summed E-state index contributed by atoms with van der Waals surface area (Å²) in [4.78, 5) is 26.5. The van der Waals surface area contributed by atoms with Gasteiger partial charge in [0.1, 0.15) is 11.2 Å². The molecule has 8 nitrogen and oxygen atoms in total. The Morgan fingerprint density at radius 1 is 1.26 bits per heavy atom. The van der Waals surface area contributed by atoms with Crippen molar-refractivity contribution in [3.8, 4) is 6.07 Å². The van der Waals surface area contributed by atoms with Gasteiger partial charge in [0.15, 0.2) is 17.2 Å². The Morgan fingerprint density at radius 2 is 2.03 bits per heavy atom. The van der Waals surface area contributed by atoms with E-state index in [1.54, 1.807) is 11.0 Å². The molecule has 0 unspecified atom stereocenters. The molecular formula is C24H23ClF2N6O2. The van der Waals surface area contributed by atoms with E-state index in [9.17, 15) is 23.9 Å². The van der Waals surface area contributed by atoms with E-state index in [0.717, 1.165) is 5.56 Å². The number of carboxylic acid groups (broad SMARTS) is 1. The van der Waals surface area contributed by atoms with Crippen LogP contribution in [0.25, 0.3) is 11.0 Å². The molecule has 1 fully saturated rings. The van der Waals surface area contributed by atoms with E-state index in [0.29, 0.717) is 23.1 Å². The number of hydrogen-bond acceptors (Lipinski definition) is 7. The fourth-order valence-corrected chi connectivity index (χ4v) is 4.40. The highest BCUT2D eigenvalue weighted by molar-refractivity contribution is 6.29. The van der Waals surface area contributed by atoms with Crippen molar-refractivity contribution in [2.45, 2.75) is 45.1 Å². The Hall–Kier alpha value is -3.58. The molecule has 0 spiro atoms. The van der Waals surface area contributed by atoms with E-state index in [-0.39, 0.29) is 53.9 Å². The number of alkyl halides is 2. The first-order valence-corrected chi connectivity index (χ1v) is 11.5. The SMILES string of the molecule is Cc1cc([C@@H](C)Nc2ccc(Cl)nc2C(=O)O)c2nc(N3CCCC(F)(F)CC3)c(C#N)nc2c1. The predicted molar refractivity (Wildman–Crippen MR) is 128 cm³/mol. The lowest BCUT2D eigenvalue weighted by Crippen LogP contribution is -2.28. The summed E-state index contributed by atoms with van der Waals surface area (Å²) in [5.41, 5.74) is 2.71. The van der Waals surface area contributed by atoms with Gasteiger partial charge in [-0.2, -0.15) is 5.26 Å². The number of halogens is 3. The molecule has 11 heteroatoms. The maximum atomic E-state index is 13.9. The molecule has 0 radical (unpaired) electrons. The van der Waals surface area contributed by atoms with Crippen LogP contribution in [0.4, 0.5) is 20.3 Å². The summed E-state index contributed by atoms with van der Waals surface area (Å²) in [6, 6.07) is 8.34. The molecule has 1 aliphatic heterocycles. The Labute approximate surface area is 205 Å². The van der Waals surface area contributed by atoms with E-state index in [1.807, 2.05) is 19.9 Å². The predicted octanol–water partition coefficient (Wildman–Crippen LogP) is 5.36. The lowest BCUT2D eigenvalue weighted by molar-refractivity contribution is -0.0102. The standard InChI is InChI=1S/C24H23ClF2N6O2/c1-13-10-15(14(2)29-16-4-5-19(25)31-21(16)23(34)35)20-17(11-13)30-18(12-28)22(32-20)33-8-3-6-24(26,27)7-9-33/h4-5,10-11,14,29H,3,6-9H2,1-2H3,(H,34,35)/t14-/m1/s1. The number of fused-ring (bicyclic) bond motifs is 1. The second kappa shape index (κ2) is 9.58. The van der Waals surface area contributed by atoms with Crippen LogP contribution < -0.4 is 10.2 Å². The quantitative estimate of drug-likeness (QED) is 0.450. The van der Waals surface area contributed by atoms with E-state index in [2.05, 4.69) is 21.4 Å². The van der Waals surface area contributed by atoms with Crippen molar-refractivity contribution < 1.29 is 18.7 Å². The molecule has 1 aromatic carbocycles. The number of aromatic carboxylic acids is 1. The minimum atomic E-state index is -2.75. The summed E-state index contributed by atoms with van der Waals surface area (Å²) in [6.07, 6.45) is -0.255. The van der Waals surface area contributed by atoms with Crippen molar-refractivity contribution >= 4 is 40.1 Å². The number of anilines is 2. The summed E-state index contributed by atoms with van der Waals surface area (Å²) in [6.45, 7) is 4.12. The van der Waals surface area contributed by atoms with Crippen LogP contribution in [0, 0.1) is 18.3 Å².